The van der Waals surface area contributed by atoms with Crippen molar-refractivity contribution in [2.24, 2.45) is 0 Å². The minimum absolute atomic E-state index is 0.0840. The highest BCUT2D eigenvalue weighted by Gasteiger charge is 2.31. The summed E-state index contributed by atoms with van der Waals surface area (Å²) < 4.78 is 0. The first-order valence-corrected chi connectivity index (χ1v) is 7.78. The Kier molecular flexibility index (Phi) is 4.03. The first-order valence-electron chi connectivity index (χ1n) is 7.78. The van der Waals surface area contributed by atoms with E-state index in [1.165, 1.54) is 5.56 Å². The molecule has 0 radical (unpaired) electrons. The van der Waals surface area contributed by atoms with Crippen molar-refractivity contribution in [1.29, 1.82) is 5.26 Å². The monoisotopic (exact) mass is 305 g/mol. The van der Waals surface area contributed by atoms with Crippen LogP contribution in [0, 0.1) is 11.3 Å². The number of amides is 2. The molecule has 2 aromatic rings. The molecule has 2 atom stereocenters. The van der Waals surface area contributed by atoms with E-state index in [4.69, 9.17) is 5.26 Å². The van der Waals surface area contributed by atoms with Crippen molar-refractivity contribution in [2.75, 3.05) is 4.90 Å². The molecule has 4 nitrogen and oxygen atoms in total. The molecule has 0 aromatic heterocycles. The van der Waals surface area contributed by atoms with Gasteiger partial charge in [0.05, 0.1) is 17.7 Å². The average Bonchev–Trinajstić information content (AvgIpc) is 2.90. The third kappa shape index (κ3) is 2.91. The van der Waals surface area contributed by atoms with Crippen molar-refractivity contribution < 1.29 is 4.79 Å². The molecule has 2 unspecified atom stereocenters. The molecule has 0 saturated carbocycles. The van der Waals surface area contributed by atoms with E-state index in [0.29, 0.717) is 5.56 Å². The Labute approximate surface area is 136 Å². The third-order valence-electron chi connectivity index (χ3n) is 4.31. The highest BCUT2D eigenvalue weighted by Crippen LogP contribution is 2.32. The number of benzene rings is 2. The Morgan fingerprint density at radius 3 is 2.65 bits per heavy atom. The van der Waals surface area contributed by atoms with Gasteiger partial charge in [-0.15, -0.1) is 0 Å². The maximum absolute atomic E-state index is 12.7. The number of para-hydroxylation sites is 1. The summed E-state index contributed by atoms with van der Waals surface area (Å²) in [6.07, 6.45) is 0.884. The fourth-order valence-corrected chi connectivity index (χ4v) is 3.06. The maximum atomic E-state index is 12.7. The lowest BCUT2D eigenvalue weighted by Gasteiger charge is -2.25. The van der Waals surface area contributed by atoms with Crippen LogP contribution in [0.5, 0.6) is 0 Å². The predicted molar refractivity (Wildman–Crippen MR) is 90.2 cm³/mol. The van der Waals surface area contributed by atoms with E-state index in [-0.39, 0.29) is 18.1 Å². The molecule has 2 aromatic carbocycles. The first-order chi connectivity index (χ1) is 11.1. The van der Waals surface area contributed by atoms with Crippen LogP contribution in [0.2, 0.25) is 0 Å². The largest absolute Gasteiger partial charge is 0.331 e. The molecule has 0 fully saturated rings. The van der Waals surface area contributed by atoms with Crippen LogP contribution in [-0.2, 0) is 6.42 Å². The molecule has 3 rings (SSSR count). The van der Waals surface area contributed by atoms with Gasteiger partial charge in [-0.3, -0.25) is 4.90 Å². The number of nitrogens with one attached hydrogen (secondary N) is 1. The molecule has 23 heavy (non-hydrogen) atoms. The zero-order valence-electron chi connectivity index (χ0n) is 13.3. The van der Waals surface area contributed by atoms with Gasteiger partial charge in [-0.2, -0.15) is 5.26 Å². The number of carbonyl (C=O) groups is 1. The van der Waals surface area contributed by atoms with Crippen molar-refractivity contribution >= 4 is 11.7 Å². The molecule has 0 bridgehead atoms. The second kappa shape index (κ2) is 6.13. The van der Waals surface area contributed by atoms with E-state index in [9.17, 15) is 4.79 Å². The zero-order chi connectivity index (χ0) is 16.4. The fourth-order valence-electron chi connectivity index (χ4n) is 3.06. The Morgan fingerprint density at radius 1 is 1.26 bits per heavy atom. The van der Waals surface area contributed by atoms with Gasteiger partial charge in [-0.05, 0) is 49.6 Å². The van der Waals surface area contributed by atoms with Crippen LogP contribution in [0.25, 0.3) is 0 Å². The molecule has 2 amide bonds. The van der Waals surface area contributed by atoms with Gasteiger partial charge in [0, 0.05) is 11.7 Å². The summed E-state index contributed by atoms with van der Waals surface area (Å²) in [4.78, 5) is 14.5. The molecule has 0 spiro atoms. The maximum Gasteiger partial charge on any atom is 0.322 e. The number of fused-ring (bicyclic) bond motifs is 1. The van der Waals surface area contributed by atoms with Crippen molar-refractivity contribution in [3.63, 3.8) is 0 Å². The van der Waals surface area contributed by atoms with E-state index in [1.54, 1.807) is 12.1 Å². The number of anilines is 1. The number of hydrogen-bond donors (Lipinski definition) is 1. The Bertz CT molecular complexity index is 761. The predicted octanol–water partition coefficient (Wildman–Crippen LogP) is 3.78. The standard InChI is InChI=1S/C19H19N3O/c1-13-11-17-5-3-4-6-18(17)22(13)19(23)21-14(2)16-9-7-15(12-20)8-10-16/h3-10,13-14H,11H2,1-2H3,(H,21,23). The van der Waals surface area contributed by atoms with Crippen molar-refractivity contribution in [3.05, 3.63) is 65.2 Å². The third-order valence-corrected chi connectivity index (χ3v) is 4.31. The molecule has 0 aliphatic carbocycles. The minimum atomic E-state index is -0.116. The number of hydrogen-bond acceptors (Lipinski definition) is 2. The smallest absolute Gasteiger partial charge is 0.322 e. The van der Waals surface area contributed by atoms with Gasteiger partial charge in [0.2, 0.25) is 0 Å². The number of nitriles is 1. The van der Waals surface area contributed by atoms with Gasteiger partial charge in [0.25, 0.3) is 0 Å². The van der Waals surface area contributed by atoms with Crippen LogP contribution in [0.4, 0.5) is 10.5 Å². The molecular formula is C19H19N3O. The number of carbonyl (C=O) groups excluding carboxylic acids is 1. The van der Waals surface area contributed by atoms with Gasteiger partial charge < -0.3 is 5.32 Å². The minimum Gasteiger partial charge on any atom is -0.331 e. The molecule has 4 heteroatoms. The van der Waals surface area contributed by atoms with Gasteiger partial charge in [-0.25, -0.2) is 4.79 Å². The van der Waals surface area contributed by atoms with Crippen LogP contribution in [-0.4, -0.2) is 12.1 Å². The van der Waals surface area contributed by atoms with Gasteiger partial charge in [0.1, 0.15) is 0 Å². The lowest BCUT2D eigenvalue weighted by Crippen LogP contribution is -2.44. The summed E-state index contributed by atoms with van der Waals surface area (Å²) in [6.45, 7) is 4.01. The second-order valence-electron chi connectivity index (χ2n) is 5.96. The van der Waals surface area contributed by atoms with Crippen molar-refractivity contribution in [1.82, 2.24) is 5.32 Å². The summed E-state index contributed by atoms with van der Waals surface area (Å²) in [5.41, 5.74) is 3.80. The van der Waals surface area contributed by atoms with E-state index >= 15 is 0 Å². The van der Waals surface area contributed by atoms with Crippen LogP contribution in [0.15, 0.2) is 48.5 Å². The van der Waals surface area contributed by atoms with Crippen molar-refractivity contribution in [2.45, 2.75) is 32.4 Å². The topological polar surface area (TPSA) is 56.1 Å². The van der Waals surface area contributed by atoms with E-state index in [1.807, 2.05) is 42.2 Å². The lowest BCUT2D eigenvalue weighted by molar-refractivity contribution is 0.242. The van der Waals surface area contributed by atoms with Crippen LogP contribution < -0.4 is 10.2 Å². The summed E-state index contributed by atoms with van der Waals surface area (Å²) >= 11 is 0. The van der Waals surface area contributed by atoms with E-state index < -0.39 is 0 Å². The normalized spacial score (nSPS) is 17.3. The SMILES string of the molecule is CC(NC(=O)N1c2ccccc2CC1C)c1ccc(C#N)cc1. The van der Waals surface area contributed by atoms with Gasteiger partial charge in [-0.1, -0.05) is 30.3 Å². The average molecular weight is 305 g/mol. The van der Waals surface area contributed by atoms with Gasteiger partial charge in [0.15, 0.2) is 0 Å². The summed E-state index contributed by atoms with van der Waals surface area (Å²) in [5, 5.41) is 11.9. The highest BCUT2D eigenvalue weighted by atomic mass is 16.2. The summed E-state index contributed by atoms with van der Waals surface area (Å²) in [6, 6.07) is 17.4. The number of nitrogens with zero attached hydrogens (tertiary/aromatic N) is 2. The zero-order valence-corrected chi connectivity index (χ0v) is 13.3. The number of urea groups is 1. The molecule has 116 valence electrons. The van der Waals surface area contributed by atoms with Crippen LogP contribution >= 0.6 is 0 Å². The quantitative estimate of drug-likeness (QED) is 0.918. The first kappa shape index (κ1) is 15.1. The summed E-state index contributed by atoms with van der Waals surface area (Å²) in [7, 11) is 0. The number of rotatable bonds is 2. The Morgan fingerprint density at radius 2 is 1.96 bits per heavy atom. The second-order valence-corrected chi connectivity index (χ2v) is 5.96. The van der Waals surface area contributed by atoms with Crippen LogP contribution in [0.3, 0.4) is 0 Å². The molecule has 0 saturated heterocycles. The highest BCUT2D eigenvalue weighted by molar-refractivity contribution is 5.95. The van der Waals surface area contributed by atoms with E-state index in [0.717, 1.165) is 17.7 Å². The molecule has 1 heterocycles. The fraction of sp³-hybridized carbons (Fsp3) is 0.263. The molecule has 1 aliphatic rings. The van der Waals surface area contributed by atoms with Crippen molar-refractivity contribution in [3.8, 4) is 6.07 Å². The molecule has 1 aliphatic heterocycles. The van der Waals surface area contributed by atoms with Gasteiger partial charge >= 0.3 is 6.03 Å². The lowest BCUT2D eigenvalue weighted by atomic mass is 10.1. The molecule has 1 N–H and O–H groups in total. The Balaban J connectivity index is 1.75. The summed E-state index contributed by atoms with van der Waals surface area (Å²) in [5.74, 6) is 0. The Hall–Kier alpha value is -2.80. The van der Waals surface area contributed by atoms with Crippen LogP contribution in [0.1, 0.15) is 36.6 Å². The molecular weight excluding hydrogens is 286 g/mol. The van der Waals surface area contributed by atoms with E-state index in [2.05, 4.69) is 24.4 Å².